The van der Waals surface area contributed by atoms with Crippen LogP contribution in [0.15, 0.2) is 119 Å². The van der Waals surface area contributed by atoms with Crippen molar-refractivity contribution < 1.29 is 9.47 Å². The molecule has 0 saturated carbocycles. The molecule has 0 aliphatic carbocycles. The quantitative estimate of drug-likeness (QED) is 0.0743. The third kappa shape index (κ3) is 8.77. The van der Waals surface area contributed by atoms with Crippen LogP contribution in [0.3, 0.4) is 0 Å². The Morgan fingerprint density at radius 2 is 1.20 bits per heavy atom. The van der Waals surface area contributed by atoms with Crippen molar-refractivity contribution in [3.8, 4) is 11.5 Å². The van der Waals surface area contributed by atoms with Gasteiger partial charge in [0.2, 0.25) is 0 Å². The van der Waals surface area contributed by atoms with Crippen molar-refractivity contribution in [2.45, 2.75) is 58.4 Å². The molecule has 46 heavy (non-hydrogen) atoms. The molecule has 3 unspecified atom stereocenters. The van der Waals surface area contributed by atoms with E-state index in [1.807, 2.05) is 61.1 Å². The molecule has 4 aromatic rings. The van der Waals surface area contributed by atoms with Crippen molar-refractivity contribution in [2.24, 2.45) is 9.62 Å². The normalized spacial score (nSPS) is 13.9. The van der Waals surface area contributed by atoms with Crippen LogP contribution in [0, 0.1) is 0 Å². The number of hydrogen-bond acceptors (Lipinski definition) is 5. The molecule has 4 rings (SSSR count). The molecule has 0 aliphatic rings. The fraction of sp³-hybridized carbons (Fsp3) is 0.306. The highest BCUT2D eigenvalue weighted by Gasteiger charge is 2.45. The van der Waals surface area contributed by atoms with Crippen molar-refractivity contribution in [2.75, 3.05) is 13.7 Å². The molecule has 0 aliphatic heterocycles. The highest BCUT2D eigenvalue weighted by atomic mass is 32.4. The summed E-state index contributed by atoms with van der Waals surface area (Å²) in [7, 11) is -0.651. The lowest BCUT2D eigenvalue weighted by atomic mass is 10.1. The molecule has 0 amide bonds. The van der Waals surface area contributed by atoms with Crippen molar-refractivity contribution in [3.63, 3.8) is 0 Å². The summed E-state index contributed by atoms with van der Waals surface area (Å²) >= 11 is 11.7. The van der Waals surface area contributed by atoms with E-state index in [2.05, 4.69) is 113 Å². The monoisotopic (exact) mass is 707 g/mol. The van der Waals surface area contributed by atoms with Gasteiger partial charge in [-0.1, -0.05) is 79.0 Å². The van der Waals surface area contributed by atoms with Gasteiger partial charge in [-0.3, -0.25) is 0 Å². The molecule has 10 heteroatoms. The predicted octanol–water partition coefficient (Wildman–Crippen LogP) is 9.55. The molecular formula is C36H44N3O2P3S2+2. The van der Waals surface area contributed by atoms with Gasteiger partial charge in [0.15, 0.2) is 23.6 Å². The molecule has 4 aromatic carbocycles. The molecule has 3 atom stereocenters. The predicted molar refractivity (Wildman–Crippen MR) is 208 cm³/mol. The molecule has 5 nitrogen and oxygen atoms in total. The maximum absolute atomic E-state index is 6.73. The van der Waals surface area contributed by atoms with Crippen molar-refractivity contribution >= 4 is 66.5 Å². The summed E-state index contributed by atoms with van der Waals surface area (Å²) in [5.41, 5.74) is 0.723. The number of hydrazone groups is 1. The van der Waals surface area contributed by atoms with Gasteiger partial charge in [0.1, 0.15) is 30.8 Å². The van der Waals surface area contributed by atoms with E-state index in [4.69, 9.17) is 37.6 Å². The fourth-order valence-electron chi connectivity index (χ4n) is 4.57. The summed E-state index contributed by atoms with van der Waals surface area (Å²) in [5, 5.41) is 7.22. The summed E-state index contributed by atoms with van der Waals surface area (Å²) in [5.74, 6) is 1.60. The van der Waals surface area contributed by atoms with Crippen LogP contribution in [-0.4, -0.2) is 35.6 Å². The Morgan fingerprint density at radius 3 is 1.67 bits per heavy atom. The van der Waals surface area contributed by atoms with Gasteiger partial charge in [-0.25, -0.2) is 0 Å². The lowest BCUT2D eigenvalue weighted by Crippen LogP contribution is -2.29. The number of rotatable bonds is 14. The van der Waals surface area contributed by atoms with E-state index in [9.17, 15) is 0 Å². The molecule has 0 radical (unpaired) electrons. The SMILES string of the molecule is CCC(C)(C)Oc1ccc(P(=N[P+](=S)C(C)(CC)Oc2ccc(C=NN(C)[P+](C)=S)cc2)(c2ccccc2)c2ccccc2)cc1. The van der Waals surface area contributed by atoms with Gasteiger partial charge in [-0.05, 0) is 74.4 Å². The lowest BCUT2D eigenvalue weighted by molar-refractivity contribution is 0.105. The van der Waals surface area contributed by atoms with E-state index in [0.29, 0.717) is 6.42 Å². The van der Waals surface area contributed by atoms with Crippen LogP contribution in [0.4, 0.5) is 0 Å². The summed E-state index contributed by atoms with van der Waals surface area (Å²) < 4.78 is 20.6. The molecule has 0 spiro atoms. The van der Waals surface area contributed by atoms with Gasteiger partial charge in [0.05, 0.1) is 13.3 Å². The zero-order valence-electron chi connectivity index (χ0n) is 27.7. The Morgan fingerprint density at radius 1 is 0.717 bits per heavy atom. The number of nitrogens with zero attached hydrogens (tertiary/aromatic N) is 3. The van der Waals surface area contributed by atoms with Crippen LogP contribution in [0.2, 0.25) is 0 Å². The molecule has 0 N–H and O–H groups in total. The van der Waals surface area contributed by atoms with E-state index in [0.717, 1.165) is 39.4 Å². The first-order chi connectivity index (χ1) is 21.9. The lowest BCUT2D eigenvalue weighted by Gasteiger charge is -2.27. The minimum absolute atomic E-state index is 0.252. The summed E-state index contributed by atoms with van der Waals surface area (Å²) in [6.07, 6.45) is 3.44. The minimum atomic E-state index is -2.55. The van der Waals surface area contributed by atoms with E-state index in [-0.39, 0.29) is 5.60 Å². The van der Waals surface area contributed by atoms with Crippen LogP contribution in [-0.2, 0) is 23.6 Å². The molecule has 0 aromatic heterocycles. The standard InChI is InChI=1S/C36H44N3O2P3S2/c1-8-35(3,4)40-30-24-26-34(27-25-30)44(32-16-12-10-13-17-32,33-18-14-11-15-19-33)38-43(46)36(5,9-2)41-31-22-20-29(21-23-31)28-37-39(6)42(7)45/h10-28H,8-9H2,1-7H3/q+2. The summed E-state index contributed by atoms with van der Waals surface area (Å²) in [6.45, 7) is 10.5. The Hall–Kier alpha value is -2.78. The van der Waals surface area contributed by atoms with Gasteiger partial charge < -0.3 is 9.47 Å². The third-order valence-corrected chi connectivity index (χ3v) is 17.5. The fourth-order valence-corrected chi connectivity index (χ4v) is 12.5. The zero-order chi connectivity index (χ0) is 33.4. The maximum Gasteiger partial charge on any atom is 0.364 e. The van der Waals surface area contributed by atoms with Gasteiger partial charge in [-0.15, -0.1) is 9.88 Å². The van der Waals surface area contributed by atoms with Crippen LogP contribution >= 0.6 is 20.7 Å². The number of ether oxygens (including phenoxy) is 2. The van der Waals surface area contributed by atoms with Crippen molar-refractivity contribution in [1.29, 1.82) is 0 Å². The van der Waals surface area contributed by atoms with Crippen LogP contribution in [0.1, 0.15) is 53.0 Å². The molecule has 240 valence electrons. The highest BCUT2D eigenvalue weighted by molar-refractivity contribution is 8.08. The van der Waals surface area contributed by atoms with E-state index in [1.165, 1.54) is 0 Å². The molecule has 0 saturated heterocycles. The Labute approximate surface area is 287 Å². The smallest absolute Gasteiger partial charge is 0.364 e. The van der Waals surface area contributed by atoms with Crippen molar-refractivity contribution in [3.05, 3.63) is 115 Å². The average Bonchev–Trinajstić information content (AvgIpc) is 3.07. The van der Waals surface area contributed by atoms with E-state index >= 15 is 0 Å². The molecule has 0 fully saturated rings. The third-order valence-electron chi connectivity index (χ3n) is 7.99. The zero-order valence-corrected chi connectivity index (χ0v) is 32.0. The first-order valence-corrected chi connectivity index (χ1v) is 22.2. The van der Waals surface area contributed by atoms with Crippen molar-refractivity contribution in [1.82, 2.24) is 4.78 Å². The first kappa shape index (κ1) is 36.1. The summed E-state index contributed by atoms with van der Waals surface area (Å²) in [4.78, 5) is 0. The molecule has 0 bridgehead atoms. The van der Waals surface area contributed by atoms with Crippen LogP contribution in [0.25, 0.3) is 0 Å². The second-order valence-corrected chi connectivity index (χ2v) is 20.9. The molecule has 0 heterocycles. The van der Waals surface area contributed by atoms with Crippen LogP contribution in [0.5, 0.6) is 11.5 Å². The van der Waals surface area contributed by atoms with Gasteiger partial charge in [0.25, 0.3) is 5.34 Å². The van der Waals surface area contributed by atoms with Gasteiger partial charge in [0, 0.05) is 29.3 Å². The second-order valence-electron chi connectivity index (χ2n) is 11.8. The highest BCUT2D eigenvalue weighted by Crippen LogP contribution is 2.57. The average molecular weight is 708 g/mol. The second kappa shape index (κ2) is 15.9. The van der Waals surface area contributed by atoms with Gasteiger partial charge in [-0.2, -0.15) is 0 Å². The topological polar surface area (TPSA) is 46.4 Å². The molecular weight excluding hydrogens is 663 g/mol. The largest absolute Gasteiger partial charge is 0.488 e. The Balaban J connectivity index is 1.81. The van der Waals surface area contributed by atoms with E-state index < -0.39 is 26.1 Å². The van der Waals surface area contributed by atoms with Crippen LogP contribution < -0.4 is 25.4 Å². The number of benzene rings is 4. The minimum Gasteiger partial charge on any atom is -0.488 e. The maximum atomic E-state index is 6.73. The Bertz CT molecular complexity index is 1670. The first-order valence-electron chi connectivity index (χ1n) is 15.4. The Kier molecular flexibility index (Phi) is 12.4. The van der Waals surface area contributed by atoms with Gasteiger partial charge >= 0.3 is 13.7 Å². The van der Waals surface area contributed by atoms with E-state index in [1.54, 1.807) is 0 Å². The number of hydrogen-bond donors (Lipinski definition) is 0. The summed E-state index contributed by atoms with van der Waals surface area (Å²) in [6, 6.07) is 37.6.